The van der Waals surface area contributed by atoms with E-state index in [2.05, 4.69) is 40.8 Å². The highest BCUT2D eigenvalue weighted by Crippen LogP contribution is 2.36. The molecule has 1 atom stereocenters. The van der Waals surface area contributed by atoms with Gasteiger partial charge in [-0.2, -0.15) is 0 Å². The van der Waals surface area contributed by atoms with Crippen LogP contribution < -0.4 is 4.72 Å². The summed E-state index contributed by atoms with van der Waals surface area (Å²) < 4.78 is 31.0. The van der Waals surface area contributed by atoms with Crippen LogP contribution in [0.15, 0.2) is 24.3 Å². The van der Waals surface area contributed by atoms with Crippen LogP contribution in [-0.2, 0) is 21.3 Å². The molecule has 0 unspecified atom stereocenters. The van der Waals surface area contributed by atoms with Crippen molar-refractivity contribution in [2.45, 2.75) is 31.9 Å². The molecule has 128 valence electrons. The summed E-state index contributed by atoms with van der Waals surface area (Å²) in [4.78, 5) is 2.42. The number of ether oxygens (including phenoxy) is 1. The van der Waals surface area contributed by atoms with Gasteiger partial charge in [-0.25, -0.2) is 13.1 Å². The highest BCUT2D eigenvalue weighted by molar-refractivity contribution is 7.88. The van der Waals surface area contributed by atoms with Gasteiger partial charge in [-0.05, 0) is 31.2 Å². The molecule has 2 heterocycles. The summed E-state index contributed by atoms with van der Waals surface area (Å²) in [7, 11) is -3.10. The fraction of sp³-hybridized carbons (Fsp3) is 0.647. The Morgan fingerprint density at radius 3 is 2.57 bits per heavy atom. The van der Waals surface area contributed by atoms with Gasteiger partial charge in [0.05, 0.1) is 18.5 Å². The topological polar surface area (TPSA) is 58.6 Å². The van der Waals surface area contributed by atoms with Crippen LogP contribution in [0.25, 0.3) is 0 Å². The van der Waals surface area contributed by atoms with Gasteiger partial charge < -0.3 is 4.74 Å². The van der Waals surface area contributed by atoms with E-state index in [0.717, 1.165) is 32.5 Å². The lowest BCUT2D eigenvalue weighted by Gasteiger charge is -2.53. The Balaban J connectivity index is 1.42. The fourth-order valence-electron chi connectivity index (χ4n) is 3.43. The second kappa shape index (κ2) is 6.51. The standard InChI is InChI=1S/C17H26N2O3S/c1-14-3-5-15(6-4-14)10-19-12-17(13-19)8-7-16(11-22-17)9-18-23(2,20)21/h3-6,16,18H,7-13H2,1-2H3/t16-/m1/s1. The normalized spacial score (nSPS) is 24.5. The number of benzene rings is 1. The molecule has 0 aromatic heterocycles. The van der Waals surface area contributed by atoms with Gasteiger partial charge in [-0.15, -0.1) is 0 Å². The molecule has 1 aromatic carbocycles. The average Bonchev–Trinajstić information content (AvgIpc) is 2.46. The Morgan fingerprint density at radius 1 is 1.30 bits per heavy atom. The van der Waals surface area contributed by atoms with Crippen LogP contribution in [0.5, 0.6) is 0 Å². The SMILES string of the molecule is Cc1ccc(CN2CC3(CC[C@H](CNS(C)(=O)=O)CO3)C2)cc1. The van der Waals surface area contributed by atoms with E-state index in [9.17, 15) is 8.42 Å². The number of sulfonamides is 1. The first-order chi connectivity index (χ1) is 10.8. The molecule has 23 heavy (non-hydrogen) atoms. The van der Waals surface area contributed by atoms with Gasteiger partial charge in [0.15, 0.2) is 0 Å². The van der Waals surface area contributed by atoms with Crippen molar-refractivity contribution >= 4 is 10.0 Å². The molecule has 5 nitrogen and oxygen atoms in total. The first kappa shape index (κ1) is 16.9. The van der Waals surface area contributed by atoms with Crippen molar-refractivity contribution in [3.63, 3.8) is 0 Å². The molecular formula is C17H26N2O3S. The molecule has 0 aliphatic carbocycles. The third-order valence-electron chi connectivity index (χ3n) is 4.82. The molecule has 3 rings (SSSR count). The number of nitrogens with zero attached hydrogens (tertiary/aromatic N) is 1. The molecule has 6 heteroatoms. The van der Waals surface area contributed by atoms with Gasteiger partial charge in [-0.1, -0.05) is 29.8 Å². The van der Waals surface area contributed by atoms with Gasteiger partial charge in [0.25, 0.3) is 0 Å². The van der Waals surface area contributed by atoms with Crippen LogP contribution in [0.4, 0.5) is 0 Å². The predicted octanol–water partition coefficient (Wildman–Crippen LogP) is 1.53. The lowest BCUT2D eigenvalue weighted by molar-refractivity contribution is -0.181. The maximum Gasteiger partial charge on any atom is 0.208 e. The van der Waals surface area contributed by atoms with Gasteiger partial charge in [0, 0.05) is 26.2 Å². The van der Waals surface area contributed by atoms with Crippen LogP contribution in [0, 0.1) is 12.8 Å². The van der Waals surface area contributed by atoms with Crippen LogP contribution in [0.3, 0.4) is 0 Å². The fourth-order valence-corrected chi connectivity index (χ4v) is 3.97. The minimum absolute atomic E-state index is 0.00624. The Kier molecular flexibility index (Phi) is 4.78. The van der Waals surface area contributed by atoms with Crippen molar-refractivity contribution < 1.29 is 13.2 Å². The number of hydrogen-bond acceptors (Lipinski definition) is 4. The smallest absolute Gasteiger partial charge is 0.208 e. The first-order valence-corrected chi connectivity index (χ1v) is 10.1. The van der Waals surface area contributed by atoms with Gasteiger partial charge in [-0.3, -0.25) is 4.90 Å². The zero-order chi connectivity index (χ0) is 16.5. The quantitative estimate of drug-likeness (QED) is 0.884. The van der Waals surface area contributed by atoms with E-state index in [1.807, 2.05) is 0 Å². The van der Waals surface area contributed by atoms with Gasteiger partial charge >= 0.3 is 0 Å². The minimum Gasteiger partial charge on any atom is -0.372 e. The van der Waals surface area contributed by atoms with Crippen molar-refractivity contribution in [2.24, 2.45) is 5.92 Å². The number of nitrogens with one attached hydrogen (secondary N) is 1. The highest BCUT2D eigenvalue weighted by Gasteiger charge is 2.46. The third kappa shape index (κ3) is 4.53. The lowest BCUT2D eigenvalue weighted by Crippen LogP contribution is -2.64. The Bertz CT molecular complexity index is 626. The van der Waals surface area contributed by atoms with E-state index in [0.29, 0.717) is 19.1 Å². The van der Waals surface area contributed by atoms with E-state index in [1.165, 1.54) is 17.4 Å². The van der Waals surface area contributed by atoms with Crippen LogP contribution in [0.2, 0.25) is 0 Å². The lowest BCUT2D eigenvalue weighted by atomic mass is 9.83. The number of likely N-dealkylation sites (tertiary alicyclic amines) is 1. The average molecular weight is 338 g/mol. The van der Waals surface area contributed by atoms with Crippen molar-refractivity contribution in [1.82, 2.24) is 9.62 Å². The second-order valence-electron chi connectivity index (χ2n) is 7.15. The Morgan fingerprint density at radius 2 is 2.00 bits per heavy atom. The summed E-state index contributed by atoms with van der Waals surface area (Å²) >= 11 is 0. The van der Waals surface area contributed by atoms with Crippen LogP contribution in [-0.4, -0.2) is 51.4 Å². The van der Waals surface area contributed by atoms with Crippen molar-refractivity contribution in [3.05, 3.63) is 35.4 Å². The molecular weight excluding hydrogens is 312 g/mol. The molecule has 0 bridgehead atoms. The van der Waals surface area contributed by atoms with E-state index >= 15 is 0 Å². The monoisotopic (exact) mass is 338 g/mol. The summed E-state index contributed by atoms with van der Waals surface area (Å²) in [6.07, 6.45) is 3.25. The van der Waals surface area contributed by atoms with E-state index in [-0.39, 0.29) is 5.60 Å². The van der Waals surface area contributed by atoms with E-state index < -0.39 is 10.0 Å². The summed E-state index contributed by atoms with van der Waals surface area (Å²) in [6, 6.07) is 8.69. The van der Waals surface area contributed by atoms with Crippen LogP contribution in [0.1, 0.15) is 24.0 Å². The number of aryl methyl sites for hydroxylation is 1. The van der Waals surface area contributed by atoms with E-state index in [4.69, 9.17) is 4.74 Å². The molecule has 2 aliphatic heterocycles. The zero-order valence-electron chi connectivity index (χ0n) is 13.9. The van der Waals surface area contributed by atoms with Crippen molar-refractivity contribution in [2.75, 3.05) is 32.5 Å². The zero-order valence-corrected chi connectivity index (χ0v) is 14.7. The molecule has 0 saturated carbocycles. The van der Waals surface area contributed by atoms with Crippen molar-refractivity contribution in [3.8, 4) is 0 Å². The van der Waals surface area contributed by atoms with Crippen molar-refractivity contribution in [1.29, 1.82) is 0 Å². The molecule has 2 aliphatic rings. The molecule has 1 aromatic rings. The number of hydrogen-bond donors (Lipinski definition) is 1. The minimum atomic E-state index is -3.10. The summed E-state index contributed by atoms with van der Waals surface area (Å²) in [6.45, 7) is 6.18. The molecule has 0 radical (unpaired) electrons. The summed E-state index contributed by atoms with van der Waals surface area (Å²) in [5.74, 6) is 0.293. The molecule has 2 saturated heterocycles. The predicted molar refractivity (Wildman–Crippen MR) is 90.7 cm³/mol. The highest BCUT2D eigenvalue weighted by atomic mass is 32.2. The first-order valence-electron chi connectivity index (χ1n) is 8.20. The Hall–Kier alpha value is -0.950. The third-order valence-corrected chi connectivity index (χ3v) is 5.51. The molecule has 1 spiro atoms. The molecule has 0 amide bonds. The summed E-state index contributed by atoms with van der Waals surface area (Å²) in [5, 5.41) is 0. The van der Waals surface area contributed by atoms with Gasteiger partial charge in [0.1, 0.15) is 0 Å². The van der Waals surface area contributed by atoms with Crippen LogP contribution >= 0.6 is 0 Å². The maximum absolute atomic E-state index is 11.1. The number of rotatable bonds is 5. The van der Waals surface area contributed by atoms with Gasteiger partial charge in [0.2, 0.25) is 10.0 Å². The second-order valence-corrected chi connectivity index (χ2v) is 8.98. The largest absolute Gasteiger partial charge is 0.372 e. The molecule has 1 N–H and O–H groups in total. The molecule has 2 fully saturated rings. The Labute approximate surface area is 139 Å². The summed E-state index contributed by atoms with van der Waals surface area (Å²) in [5.41, 5.74) is 2.64. The maximum atomic E-state index is 11.1. The van der Waals surface area contributed by atoms with E-state index in [1.54, 1.807) is 0 Å².